The molecule has 0 fully saturated rings. The van der Waals surface area contributed by atoms with Crippen LogP contribution in [-0.4, -0.2) is 23.3 Å². The van der Waals surface area contributed by atoms with Crippen molar-refractivity contribution in [1.82, 2.24) is 9.97 Å². The Balaban J connectivity index is 2.14. The smallest absolute Gasteiger partial charge is 0.224 e. The first-order chi connectivity index (χ1) is 10.6. The number of anilines is 2. The van der Waals surface area contributed by atoms with Crippen molar-refractivity contribution < 1.29 is 0 Å². The molecule has 0 atom stereocenters. The Morgan fingerprint density at radius 2 is 1.82 bits per heavy atom. The van der Waals surface area contributed by atoms with Crippen molar-refractivity contribution in [2.75, 3.05) is 18.6 Å². The Labute approximate surface area is 140 Å². The number of hydrogen-bond acceptors (Lipinski definition) is 3. The molecular weight excluding hydrogens is 336 g/mol. The molecule has 3 rings (SSSR count). The van der Waals surface area contributed by atoms with Crippen LogP contribution in [-0.2, 0) is 0 Å². The van der Waals surface area contributed by atoms with Crippen molar-refractivity contribution in [1.29, 1.82) is 0 Å². The summed E-state index contributed by atoms with van der Waals surface area (Å²) in [6.07, 6.45) is 1.50. The molecule has 0 bridgehead atoms. The third kappa shape index (κ3) is 3.03. The van der Waals surface area contributed by atoms with Gasteiger partial charge >= 0.3 is 0 Å². The van der Waals surface area contributed by atoms with E-state index in [2.05, 4.69) is 58.9 Å². The Bertz CT molecular complexity index is 837. The summed E-state index contributed by atoms with van der Waals surface area (Å²) in [6, 6.07) is 12.5. The van der Waals surface area contributed by atoms with Gasteiger partial charge in [-0.05, 0) is 41.8 Å². The summed E-state index contributed by atoms with van der Waals surface area (Å²) in [5.41, 5.74) is 1.01. The zero-order chi connectivity index (χ0) is 15.7. The van der Waals surface area contributed by atoms with Crippen LogP contribution < -0.4 is 10.6 Å². The zero-order valence-corrected chi connectivity index (χ0v) is 14.5. The van der Waals surface area contributed by atoms with Gasteiger partial charge in [-0.1, -0.05) is 49.9 Å². The molecule has 0 radical (unpaired) electrons. The second-order valence-corrected chi connectivity index (χ2v) is 8.02. The van der Waals surface area contributed by atoms with E-state index >= 15 is 0 Å². The van der Waals surface area contributed by atoms with Crippen molar-refractivity contribution in [2.24, 2.45) is 0 Å². The summed E-state index contributed by atoms with van der Waals surface area (Å²) in [6.45, 7) is 4.47. The van der Waals surface area contributed by atoms with Gasteiger partial charge in [-0.25, -0.2) is 4.98 Å². The van der Waals surface area contributed by atoms with Gasteiger partial charge < -0.3 is 5.32 Å². The van der Waals surface area contributed by atoms with E-state index in [4.69, 9.17) is 23.2 Å². The molecule has 1 aromatic heterocycles. The molecule has 0 unspecified atom stereocenters. The Kier molecular flexibility index (Phi) is 4.49. The van der Waals surface area contributed by atoms with Crippen LogP contribution in [0.15, 0.2) is 42.6 Å². The monoisotopic (exact) mass is 349 g/mol. The number of rotatable bonds is 3. The van der Waals surface area contributed by atoms with Crippen LogP contribution in [0.1, 0.15) is 0 Å². The van der Waals surface area contributed by atoms with Gasteiger partial charge in [0.15, 0.2) is 5.82 Å². The van der Waals surface area contributed by atoms with Crippen molar-refractivity contribution >= 4 is 58.7 Å². The fourth-order valence-corrected chi connectivity index (χ4v) is 3.97. The number of halogens is 2. The first-order valence-electron chi connectivity index (χ1n) is 6.70. The van der Waals surface area contributed by atoms with Crippen molar-refractivity contribution in [3.05, 3.63) is 52.9 Å². The molecule has 3 aromatic rings. The Morgan fingerprint density at radius 1 is 1.05 bits per heavy atom. The van der Waals surface area contributed by atoms with Crippen LogP contribution >= 0.6 is 31.1 Å². The van der Waals surface area contributed by atoms with E-state index in [1.54, 1.807) is 0 Å². The van der Waals surface area contributed by atoms with Gasteiger partial charge in [0, 0.05) is 11.0 Å². The second-order valence-electron chi connectivity index (χ2n) is 5.04. The molecule has 0 aliphatic rings. The predicted octanol–water partition coefficient (Wildman–Crippen LogP) is 5.05. The van der Waals surface area contributed by atoms with Crippen molar-refractivity contribution in [3.63, 3.8) is 0 Å². The quantitative estimate of drug-likeness (QED) is 0.531. The van der Waals surface area contributed by atoms with Gasteiger partial charge in [-0.3, -0.25) is 0 Å². The van der Waals surface area contributed by atoms with E-state index in [-0.39, 0.29) is 13.2 Å². The minimum Gasteiger partial charge on any atom is -0.338 e. The highest BCUT2D eigenvalue weighted by molar-refractivity contribution is 7.65. The highest BCUT2D eigenvalue weighted by Crippen LogP contribution is 2.35. The topological polar surface area (TPSA) is 37.8 Å². The minimum atomic E-state index is -0.312. The lowest BCUT2D eigenvalue weighted by Gasteiger charge is -2.18. The molecular formula is C16H14Cl2N3P. The van der Waals surface area contributed by atoms with Crippen LogP contribution in [0.25, 0.3) is 10.8 Å². The molecule has 0 saturated heterocycles. The van der Waals surface area contributed by atoms with Gasteiger partial charge in [0.2, 0.25) is 5.28 Å². The van der Waals surface area contributed by atoms with E-state index in [1.807, 2.05) is 6.07 Å². The number of fused-ring (bicyclic) bond motifs is 1. The number of aromatic nitrogens is 2. The maximum absolute atomic E-state index is 6.16. The summed E-state index contributed by atoms with van der Waals surface area (Å²) in [5.74, 6) is 0.523. The minimum absolute atomic E-state index is 0.171. The zero-order valence-electron chi connectivity index (χ0n) is 12.1. The second kappa shape index (κ2) is 6.37. The molecule has 0 spiro atoms. The van der Waals surface area contributed by atoms with E-state index in [0.29, 0.717) is 10.8 Å². The van der Waals surface area contributed by atoms with Crippen LogP contribution in [0.3, 0.4) is 0 Å². The van der Waals surface area contributed by atoms with E-state index < -0.39 is 0 Å². The van der Waals surface area contributed by atoms with Gasteiger partial charge in [0.1, 0.15) is 5.02 Å². The third-order valence-electron chi connectivity index (χ3n) is 3.32. The SMILES string of the molecule is CP(C)c1c(Nc2nc(Cl)ncc2Cl)ccc2ccccc12. The fourth-order valence-electron chi connectivity index (χ4n) is 2.40. The Morgan fingerprint density at radius 3 is 2.59 bits per heavy atom. The van der Waals surface area contributed by atoms with Crippen LogP contribution in [0.2, 0.25) is 10.3 Å². The average molecular weight is 350 g/mol. The van der Waals surface area contributed by atoms with Crippen molar-refractivity contribution in [2.45, 2.75) is 0 Å². The molecule has 0 amide bonds. The molecule has 0 aliphatic heterocycles. The lowest BCUT2D eigenvalue weighted by atomic mass is 10.1. The Hall–Kier alpha value is -1.41. The molecule has 112 valence electrons. The average Bonchev–Trinajstić information content (AvgIpc) is 2.50. The van der Waals surface area contributed by atoms with Crippen LogP contribution in [0.4, 0.5) is 11.5 Å². The summed E-state index contributed by atoms with van der Waals surface area (Å²) < 4.78 is 0. The van der Waals surface area contributed by atoms with Crippen molar-refractivity contribution in [3.8, 4) is 0 Å². The van der Waals surface area contributed by atoms with Crippen LogP contribution in [0.5, 0.6) is 0 Å². The summed E-state index contributed by atoms with van der Waals surface area (Å²) >= 11 is 12.0. The number of hydrogen-bond donors (Lipinski definition) is 1. The summed E-state index contributed by atoms with van der Waals surface area (Å²) in [5, 5.41) is 7.69. The molecule has 2 aromatic carbocycles. The predicted molar refractivity (Wildman–Crippen MR) is 97.7 cm³/mol. The highest BCUT2D eigenvalue weighted by Gasteiger charge is 2.13. The van der Waals surface area contributed by atoms with Gasteiger partial charge in [-0.2, -0.15) is 4.98 Å². The molecule has 0 aliphatic carbocycles. The number of benzene rings is 2. The van der Waals surface area contributed by atoms with Gasteiger partial charge in [0.25, 0.3) is 0 Å². The first kappa shape index (κ1) is 15.5. The van der Waals surface area contributed by atoms with Gasteiger partial charge in [0.05, 0.1) is 6.20 Å². The fraction of sp³-hybridized carbons (Fsp3) is 0.125. The third-order valence-corrected chi connectivity index (χ3v) is 5.15. The lowest BCUT2D eigenvalue weighted by molar-refractivity contribution is 1.17. The normalized spacial score (nSPS) is 11.1. The van der Waals surface area contributed by atoms with E-state index in [1.165, 1.54) is 22.3 Å². The van der Waals surface area contributed by atoms with Crippen LogP contribution in [0, 0.1) is 0 Å². The first-order valence-corrected chi connectivity index (χ1v) is 9.69. The standard InChI is InChI=1S/C16H14Cl2N3P/c1-22(2)14-11-6-4-3-5-10(11)7-8-13(14)20-15-12(17)9-19-16(18)21-15/h3-9H,1-2H3,(H,19,20,21). The number of nitrogens with one attached hydrogen (secondary N) is 1. The summed E-state index contributed by atoms with van der Waals surface area (Å²) in [4.78, 5) is 8.04. The maximum Gasteiger partial charge on any atom is 0.224 e. The molecule has 22 heavy (non-hydrogen) atoms. The largest absolute Gasteiger partial charge is 0.338 e. The molecule has 1 N–H and O–H groups in total. The summed E-state index contributed by atoms with van der Waals surface area (Å²) in [7, 11) is -0.312. The molecule has 6 heteroatoms. The highest BCUT2D eigenvalue weighted by atomic mass is 35.5. The maximum atomic E-state index is 6.16. The molecule has 0 saturated carbocycles. The number of nitrogens with zero attached hydrogens (tertiary/aromatic N) is 2. The van der Waals surface area contributed by atoms with Gasteiger partial charge in [-0.15, -0.1) is 0 Å². The van der Waals surface area contributed by atoms with E-state index in [9.17, 15) is 0 Å². The molecule has 1 heterocycles. The van der Waals surface area contributed by atoms with E-state index in [0.717, 1.165) is 5.69 Å². The lowest BCUT2D eigenvalue weighted by Crippen LogP contribution is -2.10. The molecule has 3 nitrogen and oxygen atoms in total.